The first kappa shape index (κ1) is 13.7. The monoisotopic (exact) mass is 202 g/mol. The van der Waals surface area contributed by atoms with E-state index in [2.05, 4.69) is 43.5 Å². The first-order valence-corrected chi connectivity index (χ1v) is 5.56. The lowest BCUT2D eigenvalue weighted by Crippen LogP contribution is -1.85. The van der Waals surface area contributed by atoms with Crippen molar-refractivity contribution >= 4 is 0 Å². The Morgan fingerprint density at radius 2 is 1.93 bits per heavy atom. The van der Waals surface area contributed by atoms with Crippen molar-refractivity contribution in [3.05, 3.63) is 60.3 Å². The van der Waals surface area contributed by atoms with Crippen LogP contribution < -0.4 is 0 Å². The van der Waals surface area contributed by atoms with Crippen LogP contribution in [0.3, 0.4) is 0 Å². The molecule has 0 radical (unpaired) electrons. The molecular formula is C15H22. The summed E-state index contributed by atoms with van der Waals surface area (Å²) in [5.41, 5.74) is 3.53. The van der Waals surface area contributed by atoms with Crippen LogP contribution in [0.25, 0.3) is 0 Å². The average Bonchev–Trinajstić information content (AvgIpc) is 2.48. The van der Waals surface area contributed by atoms with Crippen LogP contribution in [0, 0.1) is 0 Å². The first-order valence-electron chi connectivity index (χ1n) is 5.56. The molecule has 0 heterocycles. The van der Waals surface area contributed by atoms with Crippen molar-refractivity contribution in [1.82, 2.24) is 0 Å². The van der Waals surface area contributed by atoms with E-state index in [4.69, 9.17) is 0 Å². The van der Waals surface area contributed by atoms with Crippen molar-refractivity contribution in [3.8, 4) is 0 Å². The summed E-state index contributed by atoms with van der Waals surface area (Å²) in [4.78, 5) is 0. The fraction of sp³-hybridized carbons (Fsp3) is 0.333. The van der Waals surface area contributed by atoms with E-state index in [0.29, 0.717) is 0 Å². The van der Waals surface area contributed by atoms with E-state index in [1.807, 2.05) is 20.8 Å². The Morgan fingerprint density at radius 3 is 2.53 bits per heavy atom. The van der Waals surface area contributed by atoms with Crippen LogP contribution in [-0.2, 0) is 0 Å². The zero-order valence-corrected chi connectivity index (χ0v) is 10.2. The molecule has 82 valence electrons. The predicted molar refractivity (Wildman–Crippen MR) is 70.9 cm³/mol. The Kier molecular flexibility index (Phi) is 7.35. The molecule has 1 aliphatic carbocycles. The van der Waals surface area contributed by atoms with Crippen molar-refractivity contribution < 1.29 is 0 Å². The van der Waals surface area contributed by atoms with Gasteiger partial charge in [-0.25, -0.2) is 0 Å². The molecule has 0 N–H and O–H groups in total. The van der Waals surface area contributed by atoms with E-state index in [9.17, 15) is 0 Å². The Bertz CT molecular complexity index is 298. The zero-order valence-electron chi connectivity index (χ0n) is 10.2. The predicted octanol–water partition coefficient (Wildman–Crippen LogP) is 4.98. The molecule has 0 unspecified atom stereocenters. The second kappa shape index (κ2) is 8.05. The lowest BCUT2D eigenvalue weighted by atomic mass is 10.0. The van der Waals surface area contributed by atoms with Crippen molar-refractivity contribution in [2.24, 2.45) is 0 Å². The van der Waals surface area contributed by atoms with Crippen LogP contribution in [0.1, 0.15) is 33.6 Å². The molecule has 0 aromatic carbocycles. The number of allylic oxidation sites excluding steroid dienone is 8. The highest BCUT2D eigenvalue weighted by atomic mass is 14.0. The molecule has 15 heavy (non-hydrogen) atoms. The van der Waals surface area contributed by atoms with Crippen LogP contribution in [0.2, 0.25) is 0 Å². The van der Waals surface area contributed by atoms with E-state index >= 15 is 0 Å². The Hall–Kier alpha value is -1.30. The molecule has 0 bridgehead atoms. The third kappa shape index (κ3) is 5.90. The van der Waals surface area contributed by atoms with Crippen LogP contribution in [-0.4, -0.2) is 0 Å². The first-order chi connectivity index (χ1) is 7.20. The molecule has 1 aliphatic rings. The summed E-state index contributed by atoms with van der Waals surface area (Å²) in [6, 6.07) is 0. The largest absolute Gasteiger partial charge is 0.0998 e. The molecule has 0 aliphatic heterocycles. The van der Waals surface area contributed by atoms with Crippen molar-refractivity contribution in [2.45, 2.75) is 33.6 Å². The summed E-state index contributed by atoms with van der Waals surface area (Å²) in [5, 5.41) is 0. The van der Waals surface area contributed by atoms with E-state index < -0.39 is 0 Å². The maximum Gasteiger partial charge on any atom is -0.00725 e. The Morgan fingerprint density at radius 1 is 1.27 bits per heavy atom. The summed E-state index contributed by atoms with van der Waals surface area (Å²) < 4.78 is 0. The minimum atomic E-state index is 0.893. The van der Waals surface area contributed by atoms with Crippen LogP contribution in [0.4, 0.5) is 0 Å². The van der Waals surface area contributed by atoms with Crippen LogP contribution in [0.5, 0.6) is 0 Å². The van der Waals surface area contributed by atoms with Gasteiger partial charge < -0.3 is 0 Å². The van der Waals surface area contributed by atoms with Gasteiger partial charge in [-0.3, -0.25) is 0 Å². The molecule has 0 aromatic heterocycles. The molecule has 0 heteroatoms. The van der Waals surface area contributed by atoms with Gasteiger partial charge in [0, 0.05) is 0 Å². The second-order valence-corrected chi connectivity index (χ2v) is 3.43. The minimum Gasteiger partial charge on any atom is -0.0998 e. The number of hydrogen-bond donors (Lipinski definition) is 0. The summed E-state index contributed by atoms with van der Waals surface area (Å²) in [6.45, 7) is 14.0. The van der Waals surface area contributed by atoms with Gasteiger partial charge in [0.2, 0.25) is 0 Å². The number of rotatable bonds is 3. The molecule has 0 atom stereocenters. The second-order valence-electron chi connectivity index (χ2n) is 3.43. The molecule has 0 saturated carbocycles. The summed E-state index contributed by atoms with van der Waals surface area (Å²) in [6.07, 6.45) is 12.5. The molecule has 0 nitrogen and oxygen atoms in total. The van der Waals surface area contributed by atoms with Gasteiger partial charge in [-0.15, -0.1) is 0 Å². The zero-order chi connectivity index (χ0) is 11.7. The fourth-order valence-electron chi connectivity index (χ4n) is 1.28. The lowest BCUT2D eigenvalue weighted by molar-refractivity contribution is 1.15. The van der Waals surface area contributed by atoms with Gasteiger partial charge in [0.25, 0.3) is 0 Å². The molecule has 0 amide bonds. The van der Waals surface area contributed by atoms with Crippen LogP contribution in [0.15, 0.2) is 60.3 Å². The van der Waals surface area contributed by atoms with Gasteiger partial charge in [-0.1, -0.05) is 63.0 Å². The fourth-order valence-corrected chi connectivity index (χ4v) is 1.28. The van der Waals surface area contributed by atoms with E-state index in [0.717, 1.165) is 24.0 Å². The highest BCUT2D eigenvalue weighted by Crippen LogP contribution is 2.19. The quantitative estimate of drug-likeness (QED) is 0.566. The van der Waals surface area contributed by atoms with Gasteiger partial charge in [0.1, 0.15) is 0 Å². The normalized spacial score (nSPS) is 13.4. The highest BCUT2D eigenvalue weighted by Gasteiger charge is 1.99. The molecular weight excluding hydrogens is 180 g/mol. The molecule has 0 aromatic rings. The third-order valence-electron chi connectivity index (χ3n) is 1.90. The van der Waals surface area contributed by atoms with Gasteiger partial charge in [-0.2, -0.15) is 0 Å². The van der Waals surface area contributed by atoms with Crippen molar-refractivity contribution in [1.29, 1.82) is 0 Å². The highest BCUT2D eigenvalue weighted by molar-refractivity contribution is 5.43. The van der Waals surface area contributed by atoms with Crippen LogP contribution >= 0.6 is 0 Å². The topological polar surface area (TPSA) is 0 Å². The molecule has 0 spiro atoms. The maximum absolute atomic E-state index is 4.05. The standard InChI is InChI=1S/C13H16.C2H6/c1-11(2)10-12(3)13-8-6-4-5-7-9-13;1-2/h4,6-9H,1,3,5,10H2,2H3;1-2H3. The smallest absolute Gasteiger partial charge is 0.00725 e. The summed E-state index contributed by atoms with van der Waals surface area (Å²) in [5.74, 6) is 0. The lowest BCUT2D eigenvalue weighted by Gasteiger charge is -2.05. The molecule has 0 saturated heterocycles. The van der Waals surface area contributed by atoms with Gasteiger partial charge in [0.05, 0.1) is 0 Å². The van der Waals surface area contributed by atoms with Crippen molar-refractivity contribution in [3.63, 3.8) is 0 Å². The molecule has 1 rings (SSSR count). The van der Waals surface area contributed by atoms with Gasteiger partial charge in [-0.05, 0) is 30.9 Å². The maximum atomic E-state index is 4.05. The average molecular weight is 202 g/mol. The minimum absolute atomic E-state index is 0.893. The summed E-state index contributed by atoms with van der Waals surface area (Å²) >= 11 is 0. The SMILES string of the molecule is C=C(C)CC(=C)C1=CC=CCC=C1.CC. The Labute approximate surface area is 94.4 Å². The third-order valence-corrected chi connectivity index (χ3v) is 1.90. The van der Waals surface area contributed by atoms with E-state index in [1.165, 1.54) is 5.57 Å². The van der Waals surface area contributed by atoms with E-state index in [-0.39, 0.29) is 0 Å². The summed E-state index contributed by atoms with van der Waals surface area (Å²) in [7, 11) is 0. The van der Waals surface area contributed by atoms with Crippen molar-refractivity contribution in [2.75, 3.05) is 0 Å². The van der Waals surface area contributed by atoms with Gasteiger partial charge in [0.15, 0.2) is 0 Å². The van der Waals surface area contributed by atoms with Gasteiger partial charge >= 0.3 is 0 Å². The molecule has 0 fully saturated rings. The Balaban J connectivity index is 0.000000921. The number of hydrogen-bond acceptors (Lipinski definition) is 0. The van der Waals surface area contributed by atoms with E-state index in [1.54, 1.807) is 0 Å².